The zero-order chi connectivity index (χ0) is 19.2. The highest BCUT2D eigenvalue weighted by Crippen LogP contribution is 2.04. The molecular formula is C17H14N4O6. The maximum atomic E-state index is 12.3. The summed E-state index contributed by atoms with van der Waals surface area (Å²) in [5, 5.41) is 0.367. The molecule has 3 aromatic rings. The van der Waals surface area contributed by atoms with Gasteiger partial charge in [0.05, 0.1) is 23.5 Å². The fraction of sp³-hybridized carbons (Fsp3) is 0.118. The lowest BCUT2D eigenvalue weighted by atomic mass is 10.2. The van der Waals surface area contributed by atoms with Gasteiger partial charge in [-0.3, -0.25) is 34.6 Å². The lowest BCUT2D eigenvalue weighted by Gasteiger charge is -2.08. The van der Waals surface area contributed by atoms with Gasteiger partial charge in [-0.2, -0.15) is 0 Å². The SMILES string of the molecule is O=C(COC(=O)Cn1cnc2ccccc2c1=O)NNC(=O)c1ccco1. The molecule has 0 spiro atoms. The predicted molar refractivity (Wildman–Crippen MR) is 91.3 cm³/mol. The summed E-state index contributed by atoms with van der Waals surface area (Å²) >= 11 is 0. The van der Waals surface area contributed by atoms with Gasteiger partial charge in [-0.1, -0.05) is 12.1 Å². The number of fused-ring (bicyclic) bond motifs is 1. The molecule has 10 heteroatoms. The number of para-hydroxylation sites is 1. The number of ether oxygens (including phenoxy) is 1. The van der Waals surface area contributed by atoms with E-state index in [1.165, 1.54) is 24.7 Å². The molecule has 0 fully saturated rings. The largest absolute Gasteiger partial charge is 0.459 e. The monoisotopic (exact) mass is 370 g/mol. The third kappa shape index (κ3) is 4.37. The standard InChI is InChI=1S/C17H14N4O6/c22-14(19-20-16(24)13-6-3-7-26-13)9-27-15(23)8-21-10-18-12-5-2-1-4-11(12)17(21)25/h1-7,10H,8-9H2,(H,19,22)(H,20,24). The zero-order valence-corrected chi connectivity index (χ0v) is 13.9. The van der Waals surface area contributed by atoms with Crippen LogP contribution in [-0.4, -0.2) is 33.9 Å². The number of esters is 1. The number of amides is 2. The molecule has 138 valence electrons. The summed E-state index contributed by atoms with van der Waals surface area (Å²) in [5.41, 5.74) is 4.28. The normalized spacial score (nSPS) is 10.4. The van der Waals surface area contributed by atoms with Crippen molar-refractivity contribution in [2.75, 3.05) is 6.61 Å². The Morgan fingerprint density at radius 1 is 1.11 bits per heavy atom. The molecule has 0 saturated carbocycles. The van der Waals surface area contributed by atoms with Crippen LogP contribution in [0.2, 0.25) is 0 Å². The van der Waals surface area contributed by atoms with E-state index in [9.17, 15) is 19.2 Å². The Balaban J connectivity index is 1.49. The van der Waals surface area contributed by atoms with E-state index in [4.69, 9.17) is 9.15 Å². The van der Waals surface area contributed by atoms with Crippen molar-refractivity contribution in [3.8, 4) is 0 Å². The molecule has 0 bridgehead atoms. The lowest BCUT2D eigenvalue weighted by molar-refractivity contribution is -0.149. The minimum Gasteiger partial charge on any atom is -0.459 e. The number of nitrogens with zero attached hydrogens (tertiary/aromatic N) is 2. The summed E-state index contributed by atoms with van der Waals surface area (Å²) in [6, 6.07) is 9.65. The molecule has 2 aromatic heterocycles. The van der Waals surface area contributed by atoms with Gasteiger partial charge in [-0.05, 0) is 24.3 Å². The summed E-state index contributed by atoms with van der Waals surface area (Å²) in [7, 11) is 0. The molecule has 2 amide bonds. The topological polar surface area (TPSA) is 133 Å². The average molecular weight is 370 g/mol. The number of aromatic nitrogens is 2. The van der Waals surface area contributed by atoms with Crippen LogP contribution in [0.1, 0.15) is 10.6 Å². The highest BCUT2D eigenvalue weighted by Gasteiger charge is 2.13. The molecule has 0 unspecified atom stereocenters. The van der Waals surface area contributed by atoms with Gasteiger partial charge in [0.2, 0.25) is 0 Å². The molecule has 0 saturated heterocycles. The Labute approximate surface area is 151 Å². The van der Waals surface area contributed by atoms with Crippen LogP contribution in [0.5, 0.6) is 0 Å². The van der Waals surface area contributed by atoms with Crippen LogP contribution >= 0.6 is 0 Å². The Bertz CT molecular complexity index is 1040. The molecule has 27 heavy (non-hydrogen) atoms. The van der Waals surface area contributed by atoms with Crippen molar-refractivity contribution in [2.45, 2.75) is 6.54 Å². The number of hydrogen-bond donors (Lipinski definition) is 2. The zero-order valence-electron chi connectivity index (χ0n) is 13.9. The lowest BCUT2D eigenvalue weighted by Crippen LogP contribution is -2.43. The van der Waals surface area contributed by atoms with E-state index >= 15 is 0 Å². The van der Waals surface area contributed by atoms with Gasteiger partial charge in [-0.15, -0.1) is 0 Å². The molecule has 2 heterocycles. The van der Waals surface area contributed by atoms with Gasteiger partial charge in [0.1, 0.15) is 6.54 Å². The second-order valence-corrected chi connectivity index (χ2v) is 5.34. The maximum Gasteiger partial charge on any atom is 0.326 e. The molecular weight excluding hydrogens is 356 g/mol. The van der Waals surface area contributed by atoms with Crippen molar-refractivity contribution in [1.82, 2.24) is 20.4 Å². The van der Waals surface area contributed by atoms with Gasteiger partial charge in [0.15, 0.2) is 12.4 Å². The van der Waals surface area contributed by atoms with Crippen LogP contribution in [0, 0.1) is 0 Å². The van der Waals surface area contributed by atoms with Gasteiger partial charge in [-0.25, -0.2) is 4.98 Å². The van der Waals surface area contributed by atoms with E-state index < -0.39 is 36.5 Å². The van der Waals surface area contributed by atoms with Gasteiger partial charge in [0.25, 0.3) is 11.5 Å². The minimum atomic E-state index is -0.804. The van der Waals surface area contributed by atoms with Gasteiger partial charge < -0.3 is 9.15 Å². The number of hydrogen-bond acceptors (Lipinski definition) is 7. The number of carbonyl (C=O) groups excluding carboxylic acids is 3. The van der Waals surface area contributed by atoms with Crippen molar-refractivity contribution in [3.05, 3.63) is 65.1 Å². The van der Waals surface area contributed by atoms with Crippen LogP contribution < -0.4 is 16.4 Å². The number of benzene rings is 1. The third-order valence-electron chi connectivity index (χ3n) is 3.46. The molecule has 0 radical (unpaired) electrons. The third-order valence-corrected chi connectivity index (χ3v) is 3.46. The molecule has 0 aliphatic carbocycles. The van der Waals surface area contributed by atoms with E-state index in [2.05, 4.69) is 15.8 Å². The van der Waals surface area contributed by atoms with Crippen molar-refractivity contribution in [3.63, 3.8) is 0 Å². The second kappa shape index (κ2) is 7.95. The van der Waals surface area contributed by atoms with Crippen LogP contribution in [0.25, 0.3) is 10.9 Å². The van der Waals surface area contributed by atoms with Crippen molar-refractivity contribution < 1.29 is 23.5 Å². The molecule has 3 rings (SSSR count). The smallest absolute Gasteiger partial charge is 0.326 e. The van der Waals surface area contributed by atoms with E-state index in [0.29, 0.717) is 10.9 Å². The predicted octanol–water partition coefficient (Wildman–Crippen LogP) is -0.00610. The Kier molecular flexibility index (Phi) is 5.26. The fourth-order valence-electron chi connectivity index (χ4n) is 2.18. The number of hydrazine groups is 1. The van der Waals surface area contributed by atoms with Crippen molar-refractivity contribution in [1.29, 1.82) is 0 Å². The molecule has 0 aliphatic heterocycles. The van der Waals surface area contributed by atoms with Crippen LogP contribution in [-0.2, 0) is 20.9 Å². The van der Waals surface area contributed by atoms with Gasteiger partial charge in [0, 0.05) is 0 Å². The molecule has 0 aliphatic rings. The first-order valence-corrected chi connectivity index (χ1v) is 7.77. The Hall–Kier alpha value is -3.95. The second-order valence-electron chi connectivity index (χ2n) is 5.34. The molecule has 1 aromatic carbocycles. The number of furan rings is 1. The first kappa shape index (κ1) is 17.9. The number of carbonyl (C=O) groups is 3. The quantitative estimate of drug-likeness (QED) is 0.477. The highest BCUT2D eigenvalue weighted by atomic mass is 16.5. The number of nitrogens with one attached hydrogen (secondary N) is 2. The maximum absolute atomic E-state index is 12.3. The van der Waals surface area contributed by atoms with E-state index in [-0.39, 0.29) is 5.76 Å². The fourth-order valence-corrected chi connectivity index (χ4v) is 2.18. The average Bonchev–Trinajstić information content (AvgIpc) is 3.22. The van der Waals surface area contributed by atoms with E-state index in [1.54, 1.807) is 24.3 Å². The summed E-state index contributed by atoms with van der Waals surface area (Å²) in [6.45, 7) is -1.03. The van der Waals surface area contributed by atoms with Crippen LogP contribution in [0.4, 0.5) is 0 Å². The summed E-state index contributed by atoms with van der Waals surface area (Å²) < 4.78 is 10.7. The van der Waals surface area contributed by atoms with Crippen LogP contribution in [0.15, 0.2) is 58.2 Å². The number of rotatable bonds is 5. The van der Waals surface area contributed by atoms with Gasteiger partial charge >= 0.3 is 11.9 Å². The summed E-state index contributed by atoms with van der Waals surface area (Å²) in [4.78, 5) is 51.4. The Morgan fingerprint density at radius 3 is 2.70 bits per heavy atom. The molecule has 2 N–H and O–H groups in total. The van der Waals surface area contributed by atoms with E-state index in [0.717, 1.165) is 4.57 Å². The molecule has 10 nitrogen and oxygen atoms in total. The van der Waals surface area contributed by atoms with Crippen LogP contribution in [0.3, 0.4) is 0 Å². The minimum absolute atomic E-state index is 0.00970. The Morgan fingerprint density at radius 2 is 1.93 bits per heavy atom. The molecule has 0 atom stereocenters. The van der Waals surface area contributed by atoms with Crippen molar-refractivity contribution >= 4 is 28.7 Å². The first-order chi connectivity index (χ1) is 13.0. The van der Waals surface area contributed by atoms with E-state index in [1.807, 2.05) is 0 Å². The summed E-state index contributed by atoms with van der Waals surface area (Å²) in [5.74, 6) is -2.21. The first-order valence-electron chi connectivity index (χ1n) is 7.77. The van der Waals surface area contributed by atoms with Crippen molar-refractivity contribution in [2.24, 2.45) is 0 Å². The summed E-state index contributed by atoms with van der Waals surface area (Å²) in [6.07, 6.45) is 2.54. The highest BCUT2D eigenvalue weighted by molar-refractivity contribution is 5.93.